The molecule has 110 valence electrons. The van der Waals surface area contributed by atoms with Crippen LogP contribution in [0.4, 0.5) is 9.18 Å². The number of aromatic nitrogens is 1. The molecule has 4 nitrogen and oxygen atoms in total. The van der Waals surface area contributed by atoms with Crippen LogP contribution in [-0.2, 0) is 6.54 Å². The smallest absolute Gasteiger partial charge is 0.315 e. The number of urea groups is 1. The van der Waals surface area contributed by atoms with Crippen LogP contribution in [0.2, 0.25) is 0 Å². The number of pyridine rings is 1. The maximum Gasteiger partial charge on any atom is 0.315 e. The maximum absolute atomic E-state index is 13.4. The molecule has 5 heteroatoms. The van der Waals surface area contributed by atoms with Gasteiger partial charge in [0.15, 0.2) is 0 Å². The van der Waals surface area contributed by atoms with E-state index in [0.29, 0.717) is 5.56 Å². The molecule has 0 fully saturated rings. The van der Waals surface area contributed by atoms with Crippen molar-refractivity contribution in [3.05, 3.63) is 65.2 Å². The minimum Gasteiger partial charge on any atom is -0.334 e. The van der Waals surface area contributed by atoms with E-state index in [9.17, 15) is 9.18 Å². The van der Waals surface area contributed by atoms with Crippen LogP contribution in [-0.4, -0.2) is 11.0 Å². The van der Waals surface area contributed by atoms with E-state index in [2.05, 4.69) is 15.6 Å². The number of hydrogen-bond acceptors (Lipinski definition) is 2. The monoisotopic (exact) mass is 287 g/mol. The Morgan fingerprint density at radius 2 is 2.14 bits per heavy atom. The lowest BCUT2D eigenvalue weighted by atomic mass is 10.1. The van der Waals surface area contributed by atoms with E-state index in [1.54, 1.807) is 25.3 Å². The summed E-state index contributed by atoms with van der Waals surface area (Å²) in [6.45, 7) is 3.83. The fraction of sp³-hybridized carbons (Fsp3) is 0.250. The molecule has 0 saturated carbocycles. The first-order valence-corrected chi connectivity index (χ1v) is 6.76. The second-order valence-corrected chi connectivity index (χ2v) is 4.89. The van der Waals surface area contributed by atoms with Gasteiger partial charge < -0.3 is 10.6 Å². The molecule has 0 aliphatic heterocycles. The van der Waals surface area contributed by atoms with E-state index in [4.69, 9.17) is 0 Å². The molecule has 1 heterocycles. The zero-order valence-electron chi connectivity index (χ0n) is 12.1. The van der Waals surface area contributed by atoms with Crippen LogP contribution in [0.1, 0.15) is 29.8 Å². The van der Waals surface area contributed by atoms with Crippen molar-refractivity contribution in [3.8, 4) is 0 Å². The Morgan fingerprint density at radius 1 is 1.33 bits per heavy atom. The Kier molecular flexibility index (Phi) is 4.87. The molecular formula is C16H18FN3O. The third kappa shape index (κ3) is 4.27. The molecule has 1 atom stereocenters. The summed E-state index contributed by atoms with van der Waals surface area (Å²) in [5.41, 5.74) is 2.10. The SMILES string of the molecule is Cc1ccc(CNC(=O)N[C@@H](C)c2ccccn2)cc1F. The molecule has 2 amide bonds. The molecule has 0 aliphatic rings. The van der Waals surface area contributed by atoms with Crippen LogP contribution in [0.5, 0.6) is 0 Å². The number of rotatable bonds is 4. The highest BCUT2D eigenvalue weighted by atomic mass is 19.1. The van der Waals surface area contributed by atoms with Crippen molar-refractivity contribution in [1.29, 1.82) is 0 Å². The molecule has 21 heavy (non-hydrogen) atoms. The highest BCUT2D eigenvalue weighted by Gasteiger charge is 2.10. The lowest BCUT2D eigenvalue weighted by Gasteiger charge is -2.14. The normalized spacial score (nSPS) is 11.8. The first kappa shape index (κ1) is 15.0. The summed E-state index contributed by atoms with van der Waals surface area (Å²) in [6, 6.07) is 9.95. The van der Waals surface area contributed by atoms with E-state index in [1.165, 1.54) is 6.07 Å². The summed E-state index contributed by atoms with van der Waals surface area (Å²) in [5.74, 6) is -0.267. The zero-order valence-corrected chi connectivity index (χ0v) is 12.1. The summed E-state index contributed by atoms with van der Waals surface area (Å²) in [4.78, 5) is 16.0. The number of benzene rings is 1. The fourth-order valence-corrected chi connectivity index (χ4v) is 1.88. The molecule has 1 aromatic carbocycles. The third-order valence-electron chi connectivity index (χ3n) is 3.17. The van der Waals surface area contributed by atoms with Gasteiger partial charge in [0.25, 0.3) is 0 Å². The van der Waals surface area contributed by atoms with Gasteiger partial charge in [-0.2, -0.15) is 0 Å². The van der Waals surface area contributed by atoms with Gasteiger partial charge in [-0.15, -0.1) is 0 Å². The van der Waals surface area contributed by atoms with E-state index < -0.39 is 0 Å². The highest BCUT2D eigenvalue weighted by Crippen LogP contribution is 2.09. The number of halogens is 1. The number of carbonyl (C=O) groups excluding carboxylic acids is 1. The van der Waals surface area contributed by atoms with Crippen LogP contribution in [0.15, 0.2) is 42.6 Å². The number of amides is 2. The van der Waals surface area contributed by atoms with Gasteiger partial charge in [-0.3, -0.25) is 4.98 Å². The minimum atomic E-state index is -0.311. The van der Waals surface area contributed by atoms with E-state index >= 15 is 0 Å². The Balaban J connectivity index is 1.86. The van der Waals surface area contributed by atoms with Crippen molar-refractivity contribution < 1.29 is 9.18 Å². The molecule has 0 spiro atoms. The topological polar surface area (TPSA) is 54.0 Å². The molecular weight excluding hydrogens is 269 g/mol. The molecule has 0 unspecified atom stereocenters. The Hall–Kier alpha value is -2.43. The minimum absolute atomic E-state index is 0.194. The number of hydrogen-bond donors (Lipinski definition) is 2. The standard InChI is InChI=1S/C16H18FN3O/c1-11-6-7-13(9-14(11)17)10-19-16(21)20-12(2)15-5-3-4-8-18-15/h3-9,12H,10H2,1-2H3,(H2,19,20,21)/t12-/m0/s1. The van der Waals surface area contributed by atoms with Crippen LogP contribution in [0.25, 0.3) is 0 Å². The van der Waals surface area contributed by atoms with Gasteiger partial charge in [0, 0.05) is 12.7 Å². The van der Waals surface area contributed by atoms with Gasteiger partial charge in [0.1, 0.15) is 5.82 Å². The summed E-state index contributed by atoms with van der Waals surface area (Å²) in [6.07, 6.45) is 1.68. The zero-order chi connectivity index (χ0) is 15.2. The van der Waals surface area contributed by atoms with E-state index in [-0.39, 0.29) is 24.4 Å². The van der Waals surface area contributed by atoms with Crippen molar-refractivity contribution in [2.45, 2.75) is 26.4 Å². The van der Waals surface area contributed by atoms with E-state index in [1.807, 2.05) is 25.1 Å². The van der Waals surface area contributed by atoms with Crippen molar-refractivity contribution in [1.82, 2.24) is 15.6 Å². The molecule has 2 rings (SSSR count). The van der Waals surface area contributed by atoms with Crippen molar-refractivity contribution in [3.63, 3.8) is 0 Å². The van der Waals surface area contributed by atoms with Crippen molar-refractivity contribution in [2.75, 3.05) is 0 Å². The Morgan fingerprint density at radius 3 is 2.81 bits per heavy atom. The molecule has 0 radical (unpaired) electrons. The average Bonchev–Trinajstić information content (AvgIpc) is 2.49. The average molecular weight is 287 g/mol. The first-order chi connectivity index (χ1) is 10.1. The van der Waals surface area contributed by atoms with Crippen LogP contribution < -0.4 is 10.6 Å². The van der Waals surface area contributed by atoms with Crippen LogP contribution >= 0.6 is 0 Å². The lowest BCUT2D eigenvalue weighted by Crippen LogP contribution is -2.36. The molecule has 2 N–H and O–H groups in total. The van der Waals surface area contributed by atoms with Crippen LogP contribution in [0, 0.1) is 12.7 Å². The molecule has 0 saturated heterocycles. The highest BCUT2D eigenvalue weighted by molar-refractivity contribution is 5.74. The summed E-state index contributed by atoms with van der Waals surface area (Å²) < 4.78 is 13.4. The number of nitrogens with zero attached hydrogens (tertiary/aromatic N) is 1. The summed E-state index contributed by atoms with van der Waals surface area (Å²) in [7, 11) is 0. The number of carbonyl (C=O) groups is 1. The first-order valence-electron chi connectivity index (χ1n) is 6.76. The predicted octanol–water partition coefficient (Wildman–Crippen LogP) is 3.09. The van der Waals surface area contributed by atoms with Gasteiger partial charge in [-0.1, -0.05) is 18.2 Å². The van der Waals surface area contributed by atoms with Crippen LogP contribution in [0.3, 0.4) is 0 Å². The van der Waals surface area contributed by atoms with Crippen molar-refractivity contribution >= 4 is 6.03 Å². The van der Waals surface area contributed by atoms with Gasteiger partial charge >= 0.3 is 6.03 Å². The maximum atomic E-state index is 13.4. The Labute approximate surface area is 123 Å². The second-order valence-electron chi connectivity index (χ2n) is 4.89. The molecule has 1 aromatic heterocycles. The fourth-order valence-electron chi connectivity index (χ4n) is 1.88. The quantitative estimate of drug-likeness (QED) is 0.908. The van der Waals surface area contributed by atoms with Gasteiger partial charge in [0.2, 0.25) is 0 Å². The third-order valence-corrected chi connectivity index (χ3v) is 3.17. The lowest BCUT2D eigenvalue weighted by molar-refractivity contribution is 0.237. The molecule has 2 aromatic rings. The van der Waals surface area contributed by atoms with E-state index in [0.717, 1.165) is 11.3 Å². The summed E-state index contributed by atoms with van der Waals surface area (Å²) in [5, 5.41) is 5.49. The molecule has 0 aliphatic carbocycles. The predicted molar refractivity (Wildman–Crippen MR) is 79.2 cm³/mol. The second kappa shape index (κ2) is 6.83. The summed E-state index contributed by atoms with van der Waals surface area (Å²) >= 11 is 0. The van der Waals surface area contributed by atoms with Gasteiger partial charge in [0.05, 0.1) is 11.7 Å². The Bertz CT molecular complexity index is 616. The number of aryl methyl sites for hydroxylation is 1. The van der Waals surface area contributed by atoms with Gasteiger partial charge in [-0.05, 0) is 43.2 Å². The number of nitrogens with one attached hydrogen (secondary N) is 2. The van der Waals surface area contributed by atoms with Gasteiger partial charge in [-0.25, -0.2) is 9.18 Å². The largest absolute Gasteiger partial charge is 0.334 e. The molecule has 0 bridgehead atoms. The van der Waals surface area contributed by atoms with Crippen molar-refractivity contribution in [2.24, 2.45) is 0 Å².